The third-order valence-electron chi connectivity index (χ3n) is 2.08. The lowest BCUT2D eigenvalue weighted by molar-refractivity contribution is -0.137. The lowest BCUT2D eigenvalue weighted by Gasteiger charge is -1.91. The van der Waals surface area contributed by atoms with Gasteiger partial charge in [-0.1, -0.05) is 0 Å². The SMILES string of the molecule is Cc1ncc(-c2nnc(CCCC(=O)O)o2)s1. The smallest absolute Gasteiger partial charge is 0.303 e. The van der Waals surface area contributed by atoms with Gasteiger partial charge in [-0.3, -0.25) is 4.79 Å². The molecule has 2 aromatic heterocycles. The average molecular weight is 253 g/mol. The molecule has 0 saturated heterocycles. The number of aromatic nitrogens is 3. The normalized spacial score (nSPS) is 10.6. The maximum atomic E-state index is 10.3. The number of thiazole rings is 1. The van der Waals surface area contributed by atoms with Gasteiger partial charge in [0, 0.05) is 12.8 Å². The number of nitrogens with zero attached hydrogens (tertiary/aromatic N) is 3. The van der Waals surface area contributed by atoms with Crippen LogP contribution in [0.1, 0.15) is 23.7 Å². The molecule has 0 amide bonds. The van der Waals surface area contributed by atoms with Crippen LogP contribution in [0.4, 0.5) is 0 Å². The van der Waals surface area contributed by atoms with Crippen LogP contribution in [0.15, 0.2) is 10.6 Å². The Hall–Kier alpha value is -1.76. The molecule has 6 nitrogen and oxygen atoms in total. The van der Waals surface area contributed by atoms with Crippen molar-refractivity contribution in [1.82, 2.24) is 15.2 Å². The molecular formula is C10H11N3O3S. The van der Waals surface area contributed by atoms with E-state index in [1.165, 1.54) is 11.3 Å². The summed E-state index contributed by atoms with van der Waals surface area (Å²) in [6.07, 6.45) is 2.78. The van der Waals surface area contributed by atoms with Crippen LogP contribution in [0.3, 0.4) is 0 Å². The Morgan fingerprint density at radius 2 is 2.35 bits per heavy atom. The molecule has 90 valence electrons. The zero-order chi connectivity index (χ0) is 12.3. The van der Waals surface area contributed by atoms with Crippen LogP contribution in [0.5, 0.6) is 0 Å². The first-order valence-electron chi connectivity index (χ1n) is 5.12. The van der Waals surface area contributed by atoms with Gasteiger partial charge in [-0.05, 0) is 13.3 Å². The van der Waals surface area contributed by atoms with Crippen molar-refractivity contribution in [2.45, 2.75) is 26.2 Å². The summed E-state index contributed by atoms with van der Waals surface area (Å²) < 4.78 is 5.42. The summed E-state index contributed by atoms with van der Waals surface area (Å²) in [5, 5.41) is 17.2. The second-order valence-electron chi connectivity index (χ2n) is 3.49. The summed E-state index contributed by atoms with van der Waals surface area (Å²) in [5.41, 5.74) is 0. The number of hydrogen-bond acceptors (Lipinski definition) is 6. The van der Waals surface area contributed by atoms with Crippen molar-refractivity contribution in [3.8, 4) is 10.8 Å². The van der Waals surface area contributed by atoms with Crippen LogP contribution < -0.4 is 0 Å². The van der Waals surface area contributed by atoms with Crippen LogP contribution in [-0.4, -0.2) is 26.3 Å². The van der Waals surface area contributed by atoms with Crippen LogP contribution in [0, 0.1) is 6.92 Å². The maximum Gasteiger partial charge on any atom is 0.303 e. The largest absolute Gasteiger partial charge is 0.481 e. The lowest BCUT2D eigenvalue weighted by atomic mass is 10.2. The minimum atomic E-state index is -0.817. The van der Waals surface area contributed by atoms with E-state index in [0.29, 0.717) is 24.6 Å². The van der Waals surface area contributed by atoms with Gasteiger partial charge >= 0.3 is 5.97 Å². The van der Waals surface area contributed by atoms with E-state index in [1.54, 1.807) is 6.20 Å². The van der Waals surface area contributed by atoms with Gasteiger partial charge in [-0.2, -0.15) is 0 Å². The van der Waals surface area contributed by atoms with Gasteiger partial charge in [0.1, 0.15) is 4.88 Å². The van der Waals surface area contributed by atoms with Gasteiger partial charge in [0.25, 0.3) is 5.89 Å². The molecular weight excluding hydrogens is 242 g/mol. The fourth-order valence-electron chi connectivity index (χ4n) is 1.31. The molecule has 2 heterocycles. The molecule has 2 rings (SSSR count). The van der Waals surface area contributed by atoms with E-state index in [-0.39, 0.29) is 6.42 Å². The molecule has 0 unspecified atom stereocenters. The highest BCUT2D eigenvalue weighted by Crippen LogP contribution is 2.24. The molecule has 0 radical (unpaired) electrons. The highest BCUT2D eigenvalue weighted by atomic mass is 32.1. The number of aryl methyl sites for hydroxylation is 2. The molecule has 1 N–H and O–H groups in total. The molecule has 0 fully saturated rings. The van der Waals surface area contributed by atoms with Gasteiger partial charge in [0.05, 0.1) is 11.2 Å². The van der Waals surface area contributed by atoms with Gasteiger partial charge in [0.2, 0.25) is 5.89 Å². The molecule has 0 saturated carbocycles. The Morgan fingerprint density at radius 1 is 1.53 bits per heavy atom. The van der Waals surface area contributed by atoms with Crippen molar-refractivity contribution in [3.05, 3.63) is 17.1 Å². The molecule has 0 aliphatic rings. The third-order valence-corrected chi connectivity index (χ3v) is 2.98. The average Bonchev–Trinajstić information content (AvgIpc) is 2.86. The molecule has 0 atom stereocenters. The first-order chi connectivity index (χ1) is 8.15. The predicted octanol–water partition coefficient (Wildman–Crippen LogP) is 1.91. The van der Waals surface area contributed by atoms with Crippen LogP contribution in [0.25, 0.3) is 10.8 Å². The van der Waals surface area contributed by atoms with Crippen molar-refractivity contribution in [3.63, 3.8) is 0 Å². The second-order valence-corrected chi connectivity index (χ2v) is 4.73. The van der Waals surface area contributed by atoms with Crippen LogP contribution in [0.2, 0.25) is 0 Å². The van der Waals surface area contributed by atoms with Gasteiger partial charge in [0.15, 0.2) is 0 Å². The first kappa shape index (κ1) is 11.7. The zero-order valence-electron chi connectivity index (χ0n) is 9.21. The molecule has 0 aliphatic heterocycles. The van der Waals surface area contributed by atoms with Crippen molar-refractivity contribution >= 4 is 17.3 Å². The Bertz CT molecular complexity index is 520. The summed E-state index contributed by atoms with van der Waals surface area (Å²) >= 11 is 1.48. The maximum absolute atomic E-state index is 10.3. The number of aliphatic carboxylic acids is 1. The quantitative estimate of drug-likeness (QED) is 0.875. The monoisotopic (exact) mass is 253 g/mol. The number of carbonyl (C=O) groups is 1. The highest BCUT2D eigenvalue weighted by Gasteiger charge is 2.11. The number of carboxylic acids is 1. The molecule has 0 spiro atoms. The summed E-state index contributed by atoms with van der Waals surface area (Å²) in [4.78, 5) is 15.3. The van der Waals surface area contributed by atoms with E-state index in [4.69, 9.17) is 9.52 Å². The second kappa shape index (κ2) is 5.05. The first-order valence-corrected chi connectivity index (χ1v) is 5.94. The third kappa shape index (κ3) is 3.10. The topological polar surface area (TPSA) is 89.1 Å². The van der Waals surface area contributed by atoms with E-state index >= 15 is 0 Å². The van der Waals surface area contributed by atoms with Crippen LogP contribution in [-0.2, 0) is 11.2 Å². The molecule has 0 aromatic carbocycles. The van der Waals surface area contributed by atoms with E-state index in [0.717, 1.165) is 9.88 Å². The predicted molar refractivity (Wildman–Crippen MR) is 60.7 cm³/mol. The van der Waals surface area contributed by atoms with E-state index in [2.05, 4.69) is 15.2 Å². The van der Waals surface area contributed by atoms with E-state index in [1.807, 2.05) is 6.92 Å². The van der Waals surface area contributed by atoms with Gasteiger partial charge < -0.3 is 9.52 Å². The lowest BCUT2D eigenvalue weighted by Crippen LogP contribution is -1.95. The Labute approximate surface area is 101 Å². The zero-order valence-corrected chi connectivity index (χ0v) is 10.0. The van der Waals surface area contributed by atoms with Crippen molar-refractivity contribution in [1.29, 1.82) is 0 Å². The number of hydrogen-bond donors (Lipinski definition) is 1. The standard InChI is InChI=1S/C10H11N3O3S/c1-6-11-5-7(17-6)10-13-12-8(16-10)3-2-4-9(14)15/h5H,2-4H2,1H3,(H,14,15). The van der Waals surface area contributed by atoms with Crippen molar-refractivity contribution in [2.75, 3.05) is 0 Å². The summed E-state index contributed by atoms with van der Waals surface area (Å²) in [6.45, 7) is 1.90. The van der Waals surface area contributed by atoms with Crippen molar-refractivity contribution < 1.29 is 14.3 Å². The fourth-order valence-corrected chi connectivity index (χ4v) is 2.00. The minimum Gasteiger partial charge on any atom is -0.481 e. The minimum absolute atomic E-state index is 0.109. The molecule has 7 heteroatoms. The summed E-state index contributed by atoms with van der Waals surface area (Å²) in [5.74, 6) is 0.0936. The number of carboxylic acid groups (broad SMARTS) is 1. The number of rotatable bonds is 5. The fraction of sp³-hybridized carbons (Fsp3) is 0.400. The highest BCUT2D eigenvalue weighted by molar-refractivity contribution is 7.14. The summed E-state index contributed by atoms with van der Waals surface area (Å²) in [7, 11) is 0. The van der Waals surface area contributed by atoms with Gasteiger partial charge in [-0.15, -0.1) is 21.5 Å². The van der Waals surface area contributed by atoms with Gasteiger partial charge in [-0.25, -0.2) is 4.98 Å². The van der Waals surface area contributed by atoms with E-state index in [9.17, 15) is 4.79 Å². The Morgan fingerprint density at radius 3 is 3.00 bits per heavy atom. The molecule has 0 bridgehead atoms. The Kier molecular flexibility index (Phi) is 3.48. The molecule has 17 heavy (non-hydrogen) atoms. The molecule has 0 aliphatic carbocycles. The van der Waals surface area contributed by atoms with Crippen molar-refractivity contribution in [2.24, 2.45) is 0 Å². The molecule has 2 aromatic rings. The summed E-state index contributed by atoms with van der Waals surface area (Å²) in [6, 6.07) is 0. The van der Waals surface area contributed by atoms with E-state index < -0.39 is 5.97 Å². The Balaban J connectivity index is 1.98. The van der Waals surface area contributed by atoms with Crippen LogP contribution >= 0.6 is 11.3 Å².